The summed E-state index contributed by atoms with van der Waals surface area (Å²) in [6.07, 6.45) is 0.108. The van der Waals surface area contributed by atoms with Gasteiger partial charge in [-0.25, -0.2) is 0 Å². The Morgan fingerprint density at radius 2 is 1.78 bits per heavy atom. The first-order chi connectivity index (χ1) is 8.74. The minimum Gasteiger partial charge on any atom is -0.485 e. The van der Waals surface area contributed by atoms with E-state index in [0.717, 1.165) is 16.9 Å². The van der Waals surface area contributed by atoms with Crippen LogP contribution in [0.5, 0.6) is 5.75 Å². The Morgan fingerprint density at radius 3 is 2.56 bits per heavy atom. The molecule has 0 spiro atoms. The number of fused-ring (bicyclic) bond motifs is 1. The molecular formula is C16H16O2. The smallest absolute Gasteiger partial charge is 0.127 e. The number of hydrogen-bond acceptors (Lipinski definition) is 2. The number of hydrogen-bond donors (Lipinski definition) is 1. The van der Waals surface area contributed by atoms with E-state index >= 15 is 0 Å². The maximum absolute atomic E-state index is 10.2. The van der Waals surface area contributed by atoms with Gasteiger partial charge >= 0.3 is 0 Å². The maximum atomic E-state index is 10.2. The SMILES string of the molecule is Cc1ccc([C@@H]2C[C@@H](O)c3ccccc3O2)cc1. The summed E-state index contributed by atoms with van der Waals surface area (Å²) in [7, 11) is 0. The Balaban J connectivity index is 1.92. The van der Waals surface area contributed by atoms with Crippen molar-refractivity contribution in [1.82, 2.24) is 0 Å². The largest absolute Gasteiger partial charge is 0.485 e. The molecule has 0 bridgehead atoms. The van der Waals surface area contributed by atoms with Crippen LogP contribution in [0.15, 0.2) is 48.5 Å². The van der Waals surface area contributed by atoms with Crippen molar-refractivity contribution in [3.05, 3.63) is 65.2 Å². The molecule has 1 heterocycles. The Hall–Kier alpha value is -1.80. The third kappa shape index (κ3) is 2.00. The summed E-state index contributed by atoms with van der Waals surface area (Å²) in [6, 6.07) is 16.0. The Labute approximate surface area is 107 Å². The average molecular weight is 240 g/mol. The molecule has 0 unspecified atom stereocenters. The normalized spacial score (nSPS) is 22.1. The third-order valence-corrected chi connectivity index (χ3v) is 3.43. The van der Waals surface area contributed by atoms with Gasteiger partial charge in [0.2, 0.25) is 0 Å². The molecule has 1 N–H and O–H groups in total. The number of benzene rings is 2. The van der Waals surface area contributed by atoms with Gasteiger partial charge in [0.05, 0.1) is 6.10 Å². The topological polar surface area (TPSA) is 29.5 Å². The lowest BCUT2D eigenvalue weighted by Gasteiger charge is -2.29. The zero-order chi connectivity index (χ0) is 12.5. The fourth-order valence-corrected chi connectivity index (χ4v) is 2.38. The van der Waals surface area contributed by atoms with Crippen LogP contribution in [-0.2, 0) is 0 Å². The molecule has 0 amide bonds. The van der Waals surface area contributed by atoms with Crippen LogP contribution in [-0.4, -0.2) is 5.11 Å². The molecule has 0 radical (unpaired) electrons. The van der Waals surface area contributed by atoms with Crippen molar-refractivity contribution in [2.75, 3.05) is 0 Å². The highest BCUT2D eigenvalue weighted by Crippen LogP contribution is 2.40. The van der Waals surface area contributed by atoms with E-state index in [1.165, 1.54) is 5.56 Å². The molecule has 2 atom stereocenters. The lowest BCUT2D eigenvalue weighted by Crippen LogP contribution is -2.18. The molecule has 0 aromatic heterocycles. The van der Waals surface area contributed by atoms with Crippen molar-refractivity contribution in [1.29, 1.82) is 0 Å². The monoisotopic (exact) mass is 240 g/mol. The standard InChI is InChI=1S/C16H16O2/c1-11-6-8-12(9-7-11)16-10-14(17)13-4-2-3-5-15(13)18-16/h2-9,14,16-17H,10H2,1H3/t14-,16+/m1/s1. The second-order valence-corrected chi connectivity index (χ2v) is 4.81. The van der Waals surface area contributed by atoms with Crippen molar-refractivity contribution in [3.63, 3.8) is 0 Å². The summed E-state index contributed by atoms with van der Waals surface area (Å²) in [5, 5.41) is 10.2. The molecule has 1 aliphatic heterocycles. The van der Waals surface area contributed by atoms with Gasteiger partial charge in [0.25, 0.3) is 0 Å². The number of para-hydroxylation sites is 1. The fraction of sp³-hybridized carbons (Fsp3) is 0.250. The molecule has 1 aliphatic rings. The van der Waals surface area contributed by atoms with E-state index in [9.17, 15) is 5.11 Å². The Morgan fingerprint density at radius 1 is 1.06 bits per heavy atom. The minimum absolute atomic E-state index is 0.0597. The van der Waals surface area contributed by atoms with Gasteiger partial charge in [-0.2, -0.15) is 0 Å². The third-order valence-electron chi connectivity index (χ3n) is 3.43. The van der Waals surface area contributed by atoms with Crippen LogP contribution in [0.1, 0.15) is 35.3 Å². The molecule has 0 fully saturated rings. The number of ether oxygens (including phenoxy) is 1. The van der Waals surface area contributed by atoms with Gasteiger partial charge in [0.15, 0.2) is 0 Å². The van der Waals surface area contributed by atoms with Crippen LogP contribution in [0.2, 0.25) is 0 Å². The van der Waals surface area contributed by atoms with Crippen LogP contribution in [0.4, 0.5) is 0 Å². The number of aryl methyl sites for hydroxylation is 1. The highest BCUT2D eigenvalue weighted by molar-refractivity contribution is 5.38. The van der Waals surface area contributed by atoms with E-state index in [1.807, 2.05) is 24.3 Å². The lowest BCUT2D eigenvalue weighted by molar-refractivity contribution is 0.0657. The van der Waals surface area contributed by atoms with Gasteiger partial charge in [-0.05, 0) is 18.6 Å². The van der Waals surface area contributed by atoms with Gasteiger partial charge in [-0.3, -0.25) is 0 Å². The van der Waals surface area contributed by atoms with E-state index in [4.69, 9.17) is 4.74 Å². The van der Waals surface area contributed by atoms with Crippen LogP contribution in [0.25, 0.3) is 0 Å². The second-order valence-electron chi connectivity index (χ2n) is 4.81. The zero-order valence-electron chi connectivity index (χ0n) is 10.3. The quantitative estimate of drug-likeness (QED) is 0.826. The van der Waals surface area contributed by atoms with Crippen molar-refractivity contribution in [2.24, 2.45) is 0 Å². The Kier molecular flexibility index (Phi) is 2.80. The van der Waals surface area contributed by atoms with Gasteiger partial charge < -0.3 is 9.84 Å². The summed E-state index contributed by atoms with van der Waals surface area (Å²) in [4.78, 5) is 0. The van der Waals surface area contributed by atoms with Crippen molar-refractivity contribution in [3.8, 4) is 5.75 Å². The van der Waals surface area contributed by atoms with Crippen LogP contribution < -0.4 is 4.74 Å². The summed E-state index contributed by atoms with van der Waals surface area (Å²) >= 11 is 0. The van der Waals surface area contributed by atoms with E-state index in [0.29, 0.717) is 6.42 Å². The predicted molar refractivity (Wildman–Crippen MR) is 70.6 cm³/mol. The summed E-state index contributed by atoms with van der Waals surface area (Å²) < 4.78 is 5.97. The van der Waals surface area contributed by atoms with Crippen LogP contribution in [0, 0.1) is 6.92 Å². The molecule has 2 nitrogen and oxygen atoms in total. The number of aliphatic hydroxyl groups is 1. The summed E-state index contributed by atoms with van der Waals surface area (Å²) in [5.74, 6) is 0.793. The van der Waals surface area contributed by atoms with E-state index < -0.39 is 6.10 Å². The van der Waals surface area contributed by atoms with Gasteiger partial charge in [0, 0.05) is 12.0 Å². The maximum Gasteiger partial charge on any atom is 0.127 e. The highest BCUT2D eigenvalue weighted by Gasteiger charge is 2.27. The minimum atomic E-state index is -0.443. The van der Waals surface area contributed by atoms with Crippen molar-refractivity contribution in [2.45, 2.75) is 25.6 Å². The molecule has 92 valence electrons. The van der Waals surface area contributed by atoms with E-state index in [-0.39, 0.29) is 6.10 Å². The van der Waals surface area contributed by atoms with Gasteiger partial charge in [-0.1, -0.05) is 48.0 Å². The molecule has 2 heteroatoms. The average Bonchev–Trinajstić information content (AvgIpc) is 2.39. The lowest BCUT2D eigenvalue weighted by atomic mass is 9.95. The molecular weight excluding hydrogens is 224 g/mol. The Bertz CT molecular complexity index is 545. The molecule has 0 saturated carbocycles. The first-order valence-electron chi connectivity index (χ1n) is 6.24. The first-order valence-corrected chi connectivity index (χ1v) is 6.24. The fourth-order valence-electron chi connectivity index (χ4n) is 2.38. The molecule has 0 saturated heterocycles. The van der Waals surface area contributed by atoms with E-state index in [1.54, 1.807) is 0 Å². The number of rotatable bonds is 1. The van der Waals surface area contributed by atoms with Crippen LogP contribution >= 0.6 is 0 Å². The van der Waals surface area contributed by atoms with Crippen molar-refractivity contribution < 1.29 is 9.84 Å². The first kappa shape index (κ1) is 11.3. The van der Waals surface area contributed by atoms with Crippen molar-refractivity contribution >= 4 is 0 Å². The van der Waals surface area contributed by atoms with E-state index in [2.05, 4.69) is 31.2 Å². The van der Waals surface area contributed by atoms with Gasteiger partial charge in [-0.15, -0.1) is 0 Å². The molecule has 2 aromatic carbocycles. The number of aliphatic hydroxyl groups excluding tert-OH is 1. The highest BCUT2D eigenvalue weighted by atomic mass is 16.5. The van der Waals surface area contributed by atoms with Gasteiger partial charge in [0.1, 0.15) is 11.9 Å². The molecule has 2 aromatic rings. The molecule has 0 aliphatic carbocycles. The zero-order valence-corrected chi connectivity index (χ0v) is 10.3. The summed E-state index contributed by atoms with van der Waals surface area (Å²) in [5.41, 5.74) is 3.24. The molecule has 18 heavy (non-hydrogen) atoms. The van der Waals surface area contributed by atoms with Crippen LogP contribution in [0.3, 0.4) is 0 Å². The molecule has 3 rings (SSSR count). The second kappa shape index (κ2) is 4.46. The summed E-state index contributed by atoms with van der Waals surface area (Å²) in [6.45, 7) is 2.07. The predicted octanol–water partition coefficient (Wildman–Crippen LogP) is 3.55.